The molecule has 0 saturated heterocycles. The molecule has 140 valence electrons. The molecule has 0 aliphatic heterocycles. The lowest BCUT2D eigenvalue weighted by Crippen LogP contribution is -2.19. The van der Waals surface area contributed by atoms with E-state index in [1.807, 2.05) is 6.92 Å². The van der Waals surface area contributed by atoms with Gasteiger partial charge in [0.15, 0.2) is 0 Å². The fourth-order valence-electron chi connectivity index (χ4n) is 3.14. The summed E-state index contributed by atoms with van der Waals surface area (Å²) in [4.78, 5) is -0.0666. The number of hydrogen-bond donors (Lipinski definition) is 2. The van der Waals surface area contributed by atoms with Crippen molar-refractivity contribution in [3.8, 4) is 0 Å². The van der Waals surface area contributed by atoms with E-state index in [2.05, 4.69) is 59.9 Å². The van der Waals surface area contributed by atoms with Crippen molar-refractivity contribution in [1.82, 2.24) is 0 Å². The lowest BCUT2D eigenvalue weighted by atomic mass is 10.1. The van der Waals surface area contributed by atoms with Crippen LogP contribution in [-0.2, 0) is 23.0 Å². The van der Waals surface area contributed by atoms with E-state index in [9.17, 15) is 8.42 Å². The van der Waals surface area contributed by atoms with Crippen molar-refractivity contribution in [2.45, 2.75) is 30.7 Å². The summed E-state index contributed by atoms with van der Waals surface area (Å²) in [5.41, 5.74) is 5.17. The van der Waals surface area contributed by atoms with E-state index in [1.165, 1.54) is 28.9 Å². The first kappa shape index (κ1) is 19.1. The van der Waals surface area contributed by atoms with Crippen LogP contribution < -0.4 is 5.32 Å². The van der Waals surface area contributed by atoms with Gasteiger partial charge in [0.1, 0.15) is 0 Å². The topological polar surface area (TPSA) is 66.4 Å². The molecule has 0 atom stereocenters. The van der Waals surface area contributed by atoms with Crippen LogP contribution in [0.5, 0.6) is 0 Å². The van der Waals surface area contributed by atoms with Crippen molar-refractivity contribution in [3.05, 3.63) is 95.6 Å². The summed E-state index contributed by atoms with van der Waals surface area (Å²) < 4.78 is 29.6. The van der Waals surface area contributed by atoms with E-state index in [0.717, 1.165) is 18.4 Å². The van der Waals surface area contributed by atoms with Gasteiger partial charge in [0.25, 0.3) is 10.1 Å². The maximum atomic E-state index is 10.5. The molecule has 1 aliphatic carbocycles. The van der Waals surface area contributed by atoms with Crippen LogP contribution in [0.2, 0.25) is 0 Å². The fourth-order valence-corrected chi connectivity index (χ4v) is 3.62. The Morgan fingerprint density at radius 2 is 1.33 bits per heavy atom. The molecular formula is C22H23NO3S. The molecule has 3 aromatic carbocycles. The molecule has 0 fully saturated rings. The minimum Gasteiger partial charge on any atom is -0.382 e. The van der Waals surface area contributed by atoms with Crippen LogP contribution in [0, 0.1) is 6.92 Å². The molecule has 0 aromatic heterocycles. The molecule has 0 amide bonds. The van der Waals surface area contributed by atoms with E-state index in [0.29, 0.717) is 6.04 Å². The molecule has 27 heavy (non-hydrogen) atoms. The van der Waals surface area contributed by atoms with Gasteiger partial charge in [-0.05, 0) is 55.2 Å². The second-order valence-electron chi connectivity index (χ2n) is 6.67. The van der Waals surface area contributed by atoms with Crippen LogP contribution >= 0.6 is 0 Å². The van der Waals surface area contributed by atoms with Crippen molar-refractivity contribution in [2.24, 2.45) is 0 Å². The normalized spacial score (nSPS) is 13.4. The zero-order valence-corrected chi connectivity index (χ0v) is 16.0. The molecule has 5 heteroatoms. The third kappa shape index (κ3) is 5.42. The highest BCUT2D eigenvalue weighted by Gasteiger charge is 2.20. The standard InChI is InChI=1S/C15H15N.C7H8O3S/c1-2-8-14(9-3-1)16-15-10-12-6-4-5-7-13(12)11-15;1-6-2-4-7(5-3-6)11(8,9)10/h1-9,15-16H,10-11H2;2-5H,1H3,(H,8,9,10). The fraction of sp³-hybridized carbons (Fsp3) is 0.182. The van der Waals surface area contributed by atoms with Gasteiger partial charge in [0.05, 0.1) is 4.90 Å². The summed E-state index contributed by atoms with van der Waals surface area (Å²) in [7, 11) is -4.02. The van der Waals surface area contributed by atoms with Gasteiger partial charge in [-0.15, -0.1) is 0 Å². The Kier molecular flexibility index (Phi) is 5.94. The van der Waals surface area contributed by atoms with Gasteiger partial charge in [0, 0.05) is 11.7 Å². The number of aryl methyl sites for hydroxylation is 1. The molecule has 0 saturated carbocycles. The van der Waals surface area contributed by atoms with Crippen molar-refractivity contribution >= 4 is 15.8 Å². The van der Waals surface area contributed by atoms with E-state index >= 15 is 0 Å². The lowest BCUT2D eigenvalue weighted by Gasteiger charge is -2.13. The smallest absolute Gasteiger partial charge is 0.294 e. The number of nitrogens with one attached hydrogen (secondary N) is 1. The Balaban J connectivity index is 0.000000168. The third-order valence-corrected chi connectivity index (χ3v) is 5.38. The van der Waals surface area contributed by atoms with Gasteiger partial charge >= 0.3 is 0 Å². The molecule has 0 heterocycles. The van der Waals surface area contributed by atoms with Gasteiger partial charge in [-0.3, -0.25) is 4.55 Å². The highest BCUT2D eigenvalue weighted by molar-refractivity contribution is 7.85. The molecule has 4 rings (SSSR count). The maximum absolute atomic E-state index is 10.5. The summed E-state index contributed by atoms with van der Waals surface area (Å²) in [6.45, 7) is 1.84. The molecule has 3 aromatic rings. The number of anilines is 1. The first-order valence-electron chi connectivity index (χ1n) is 8.84. The Labute approximate surface area is 160 Å². The number of fused-ring (bicyclic) bond motifs is 1. The van der Waals surface area contributed by atoms with Crippen LogP contribution in [0.1, 0.15) is 16.7 Å². The Morgan fingerprint density at radius 3 is 1.85 bits per heavy atom. The van der Waals surface area contributed by atoms with Gasteiger partial charge < -0.3 is 5.32 Å². The quantitative estimate of drug-likeness (QED) is 0.655. The van der Waals surface area contributed by atoms with Gasteiger partial charge in [-0.25, -0.2) is 0 Å². The Hall–Kier alpha value is -2.63. The second-order valence-corrected chi connectivity index (χ2v) is 8.09. The number of rotatable bonds is 3. The van der Waals surface area contributed by atoms with Crippen LogP contribution in [0.15, 0.2) is 83.8 Å². The van der Waals surface area contributed by atoms with Crippen molar-refractivity contribution in [2.75, 3.05) is 5.32 Å². The molecular weight excluding hydrogens is 358 g/mol. The number of hydrogen-bond acceptors (Lipinski definition) is 3. The van der Waals surface area contributed by atoms with Gasteiger partial charge in [-0.1, -0.05) is 60.2 Å². The SMILES string of the molecule is Cc1ccc(S(=O)(=O)O)cc1.c1ccc(NC2Cc3ccccc3C2)cc1. The minimum absolute atomic E-state index is 0.0666. The van der Waals surface area contributed by atoms with E-state index in [4.69, 9.17) is 4.55 Å². The molecule has 4 nitrogen and oxygen atoms in total. The zero-order valence-electron chi connectivity index (χ0n) is 15.2. The Bertz CT molecular complexity index is 959. The van der Waals surface area contributed by atoms with E-state index < -0.39 is 10.1 Å². The average Bonchev–Trinajstić information content (AvgIpc) is 3.05. The number of benzene rings is 3. The first-order chi connectivity index (χ1) is 12.9. The van der Waals surface area contributed by atoms with Crippen LogP contribution in [0.25, 0.3) is 0 Å². The van der Waals surface area contributed by atoms with E-state index in [1.54, 1.807) is 12.1 Å². The zero-order chi connectivity index (χ0) is 19.3. The summed E-state index contributed by atoms with van der Waals surface area (Å²) in [5, 5.41) is 3.59. The first-order valence-corrected chi connectivity index (χ1v) is 10.3. The summed E-state index contributed by atoms with van der Waals surface area (Å²) in [6.07, 6.45) is 2.29. The van der Waals surface area contributed by atoms with Crippen LogP contribution in [-0.4, -0.2) is 19.0 Å². The average molecular weight is 381 g/mol. The predicted molar refractivity (Wildman–Crippen MR) is 109 cm³/mol. The number of para-hydroxylation sites is 1. The summed E-state index contributed by atoms with van der Waals surface area (Å²) in [5.74, 6) is 0. The highest BCUT2D eigenvalue weighted by Crippen LogP contribution is 2.24. The van der Waals surface area contributed by atoms with Crippen LogP contribution in [0.4, 0.5) is 5.69 Å². The summed E-state index contributed by atoms with van der Waals surface area (Å²) in [6, 6.07) is 25.7. The predicted octanol–water partition coefficient (Wildman–Crippen LogP) is 4.51. The lowest BCUT2D eigenvalue weighted by molar-refractivity contribution is 0.483. The van der Waals surface area contributed by atoms with Gasteiger partial charge in [0.2, 0.25) is 0 Å². The molecule has 2 N–H and O–H groups in total. The van der Waals surface area contributed by atoms with Crippen molar-refractivity contribution < 1.29 is 13.0 Å². The minimum atomic E-state index is -4.02. The second kappa shape index (κ2) is 8.37. The Morgan fingerprint density at radius 1 is 0.815 bits per heavy atom. The van der Waals surface area contributed by atoms with Gasteiger partial charge in [-0.2, -0.15) is 8.42 Å². The maximum Gasteiger partial charge on any atom is 0.294 e. The molecule has 0 spiro atoms. The van der Waals surface area contributed by atoms with E-state index in [-0.39, 0.29) is 4.90 Å². The third-order valence-electron chi connectivity index (χ3n) is 4.51. The monoisotopic (exact) mass is 381 g/mol. The largest absolute Gasteiger partial charge is 0.382 e. The highest BCUT2D eigenvalue weighted by atomic mass is 32.2. The van der Waals surface area contributed by atoms with Crippen molar-refractivity contribution in [3.63, 3.8) is 0 Å². The van der Waals surface area contributed by atoms with Crippen molar-refractivity contribution in [1.29, 1.82) is 0 Å². The molecule has 1 aliphatic rings. The molecule has 0 unspecified atom stereocenters. The van der Waals surface area contributed by atoms with Crippen LogP contribution in [0.3, 0.4) is 0 Å². The molecule has 0 bridgehead atoms. The molecule has 0 radical (unpaired) electrons. The summed E-state index contributed by atoms with van der Waals surface area (Å²) >= 11 is 0.